The summed E-state index contributed by atoms with van der Waals surface area (Å²) in [7, 11) is 0. The van der Waals surface area contributed by atoms with Gasteiger partial charge in [-0.05, 0) is 38.5 Å². The summed E-state index contributed by atoms with van der Waals surface area (Å²) in [5.41, 5.74) is -1.47. The van der Waals surface area contributed by atoms with Crippen LogP contribution in [0, 0.1) is 17.7 Å². The lowest BCUT2D eigenvalue weighted by atomic mass is 9.61. The Morgan fingerprint density at radius 3 is 2.42 bits per heavy atom. The lowest BCUT2D eigenvalue weighted by Crippen LogP contribution is -2.55. The van der Waals surface area contributed by atoms with Gasteiger partial charge in [0.25, 0.3) is 0 Å². The molecule has 4 atom stereocenters. The number of halogens is 1. The number of ether oxygens (including phenoxy) is 2. The van der Waals surface area contributed by atoms with Crippen molar-refractivity contribution >= 4 is 17.7 Å². The molecular weight excluding hydrogens is 343 g/mol. The van der Waals surface area contributed by atoms with Gasteiger partial charge in [-0.3, -0.25) is 14.4 Å². The Labute approximate surface area is 151 Å². The number of hydrogen-bond donors (Lipinski definition) is 1. The smallest absolute Gasteiger partial charge is 0.317 e. The molecular formula is C19H23FO6. The van der Waals surface area contributed by atoms with E-state index >= 15 is 0 Å². The molecule has 0 unspecified atom stereocenters. The van der Waals surface area contributed by atoms with E-state index in [1.807, 2.05) is 0 Å². The van der Waals surface area contributed by atoms with Crippen LogP contribution in [0.4, 0.5) is 4.39 Å². The maximum absolute atomic E-state index is 13.8. The monoisotopic (exact) mass is 366 g/mol. The molecule has 0 saturated heterocycles. The lowest BCUT2D eigenvalue weighted by Gasteiger charge is -2.43. The molecule has 26 heavy (non-hydrogen) atoms. The van der Waals surface area contributed by atoms with Crippen LogP contribution in [0.1, 0.15) is 38.7 Å². The molecule has 1 saturated carbocycles. The minimum absolute atomic E-state index is 0.0545. The first-order valence-corrected chi connectivity index (χ1v) is 8.56. The van der Waals surface area contributed by atoms with Crippen LogP contribution >= 0.6 is 0 Å². The fourth-order valence-corrected chi connectivity index (χ4v) is 3.59. The maximum Gasteiger partial charge on any atom is 0.317 e. The van der Waals surface area contributed by atoms with Gasteiger partial charge in [-0.1, -0.05) is 12.1 Å². The second-order valence-electron chi connectivity index (χ2n) is 6.54. The summed E-state index contributed by atoms with van der Waals surface area (Å²) in [6.45, 7) is 4.68. The summed E-state index contributed by atoms with van der Waals surface area (Å²) in [4.78, 5) is 37.6. The third-order valence-corrected chi connectivity index (χ3v) is 4.58. The Balaban J connectivity index is 2.61. The average Bonchev–Trinajstić information content (AvgIpc) is 2.53. The second-order valence-corrected chi connectivity index (χ2v) is 6.54. The Morgan fingerprint density at radius 1 is 1.23 bits per heavy atom. The van der Waals surface area contributed by atoms with E-state index in [4.69, 9.17) is 9.47 Å². The number of hydrogen-bond acceptors (Lipinski definition) is 6. The molecule has 0 aromatic heterocycles. The van der Waals surface area contributed by atoms with Gasteiger partial charge in [-0.15, -0.1) is 0 Å². The zero-order valence-electron chi connectivity index (χ0n) is 15.0. The Bertz CT molecular complexity index is 699. The highest BCUT2D eigenvalue weighted by molar-refractivity contribution is 6.02. The number of benzene rings is 1. The lowest BCUT2D eigenvalue weighted by molar-refractivity contribution is -0.172. The van der Waals surface area contributed by atoms with Gasteiger partial charge < -0.3 is 14.6 Å². The van der Waals surface area contributed by atoms with E-state index in [1.165, 1.54) is 25.1 Å². The van der Waals surface area contributed by atoms with Gasteiger partial charge in [0.1, 0.15) is 11.7 Å². The van der Waals surface area contributed by atoms with Crippen LogP contribution < -0.4 is 0 Å². The largest absolute Gasteiger partial charge is 0.466 e. The predicted octanol–water partition coefficient (Wildman–Crippen LogP) is 1.99. The molecule has 1 aliphatic rings. The minimum Gasteiger partial charge on any atom is -0.466 e. The minimum atomic E-state index is -1.73. The first-order valence-electron chi connectivity index (χ1n) is 8.56. The van der Waals surface area contributed by atoms with E-state index in [9.17, 15) is 23.9 Å². The molecule has 0 aliphatic heterocycles. The highest BCUT2D eigenvalue weighted by Crippen LogP contribution is 2.46. The fourth-order valence-electron chi connectivity index (χ4n) is 3.59. The van der Waals surface area contributed by atoms with E-state index < -0.39 is 53.3 Å². The SMILES string of the molecule is CCOC(=O)[C@H]1C(=O)C[C@@](C)(O)[C@@H](C(=O)OCC)[C@@H]1c1cccc(F)c1. The number of carbonyl (C=O) groups excluding carboxylic acids is 3. The summed E-state index contributed by atoms with van der Waals surface area (Å²) >= 11 is 0. The van der Waals surface area contributed by atoms with Crippen molar-refractivity contribution in [3.8, 4) is 0 Å². The summed E-state index contributed by atoms with van der Waals surface area (Å²) in [5.74, 6) is -6.28. The molecule has 0 bridgehead atoms. The van der Waals surface area contributed by atoms with E-state index in [-0.39, 0.29) is 18.8 Å². The molecule has 0 radical (unpaired) electrons. The summed E-state index contributed by atoms with van der Waals surface area (Å²) in [5, 5.41) is 10.8. The van der Waals surface area contributed by atoms with E-state index in [1.54, 1.807) is 13.8 Å². The first-order chi connectivity index (χ1) is 12.2. The van der Waals surface area contributed by atoms with Gasteiger partial charge in [-0.25, -0.2) is 4.39 Å². The van der Waals surface area contributed by atoms with Crippen LogP contribution in [0.15, 0.2) is 24.3 Å². The van der Waals surface area contributed by atoms with Crippen molar-refractivity contribution in [2.45, 2.75) is 38.7 Å². The number of esters is 2. The summed E-state index contributed by atoms with van der Waals surface area (Å²) < 4.78 is 23.9. The molecule has 1 aliphatic carbocycles. The second kappa shape index (κ2) is 7.95. The van der Waals surface area contributed by atoms with Gasteiger partial charge in [-0.2, -0.15) is 0 Å². The molecule has 0 amide bonds. The first kappa shape index (κ1) is 20.0. The van der Waals surface area contributed by atoms with Crippen LogP contribution in [-0.2, 0) is 23.9 Å². The quantitative estimate of drug-likeness (QED) is 0.633. The van der Waals surface area contributed by atoms with Crippen LogP contribution in [-0.4, -0.2) is 41.6 Å². The van der Waals surface area contributed by atoms with Crippen LogP contribution in [0.5, 0.6) is 0 Å². The van der Waals surface area contributed by atoms with Crippen molar-refractivity contribution in [3.05, 3.63) is 35.6 Å². The van der Waals surface area contributed by atoms with E-state index in [0.717, 1.165) is 6.07 Å². The third-order valence-electron chi connectivity index (χ3n) is 4.58. The molecule has 1 fully saturated rings. The molecule has 7 heteroatoms. The molecule has 6 nitrogen and oxygen atoms in total. The molecule has 0 spiro atoms. The zero-order chi connectivity index (χ0) is 19.5. The van der Waals surface area contributed by atoms with Crippen molar-refractivity contribution in [2.75, 3.05) is 13.2 Å². The van der Waals surface area contributed by atoms with Crippen LogP contribution in [0.2, 0.25) is 0 Å². The van der Waals surface area contributed by atoms with Crippen molar-refractivity contribution in [3.63, 3.8) is 0 Å². The van der Waals surface area contributed by atoms with E-state index in [2.05, 4.69) is 0 Å². The van der Waals surface area contributed by atoms with Crippen molar-refractivity contribution < 1.29 is 33.4 Å². The summed E-state index contributed by atoms with van der Waals surface area (Å²) in [6.07, 6.45) is -0.397. The Morgan fingerprint density at radius 2 is 1.85 bits per heavy atom. The standard InChI is InChI=1S/C19H23FO6/c1-4-25-17(22)15-13(21)10-19(3,24)16(18(23)26-5-2)14(15)11-7-6-8-12(20)9-11/h6-9,14-16,24H,4-5,10H2,1-3H3/t14-,15+,16-,19-/m1/s1. The topological polar surface area (TPSA) is 89.9 Å². The Kier molecular flexibility index (Phi) is 6.13. The molecule has 142 valence electrons. The van der Waals surface area contributed by atoms with Crippen LogP contribution in [0.3, 0.4) is 0 Å². The zero-order valence-corrected chi connectivity index (χ0v) is 15.0. The normalized spacial score (nSPS) is 28.5. The number of aliphatic hydroxyl groups is 1. The van der Waals surface area contributed by atoms with Crippen LogP contribution in [0.25, 0.3) is 0 Å². The molecule has 2 rings (SSSR count). The van der Waals surface area contributed by atoms with Gasteiger partial charge in [0.05, 0.1) is 24.7 Å². The number of carbonyl (C=O) groups is 3. The van der Waals surface area contributed by atoms with Gasteiger partial charge in [0.2, 0.25) is 0 Å². The fraction of sp³-hybridized carbons (Fsp3) is 0.526. The predicted molar refractivity (Wildman–Crippen MR) is 89.6 cm³/mol. The number of rotatable bonds is 5. The summed E-state index contributed by atoms with van der Waals surface area (Å²) in [6, 6.07) is 5.30. The highest BCUT2D eigenvalue weighted by atomic mass is 19.1. The van der Waals surface area contributed by atoms with Gasteiger partial charge >= 0.3 is 11.9 Å². The van der Waals surface area contributed by atoms with Crippen molar-refractivity contribution in [1.29, 1.82) is 0 Å². The van der Waals surface area contributed by atoms with E-state index in [0.29, 0.717) is 0 Å². The maximum atomic E-state index is 13.8. The van der Waals surface area contributed by atoms with Crippen molar-refractivity contribution in [2.24, 2.45) is 11.8 Å². The Hall–Kier alpha value is -2.28. The molecule has 1 aromatic carbocycles. The highest BCUT2D eigenvalue weighted by Gasteiger charge is 2.57. The molecule has 1 N–H and O–H groups in total. The molecule has 1 aromatic rings. The number of ketones is 1. The van der Waals surface area contributed by atoms with Gasteiger partial charge in [0.15, 0.2) is 5.78 Å². The third kappa shape index (κ3) is 3.93. The van der Waals surface area contributed by atoms with Gasteiger partial charge in [0, 0.05) is 12.3 Å². The average molecular weight is 366 g/mol. The number of Topliss-reactive ketones (excluding diaryl/α,β-unsaturated/α-hetero) is 1. The molecule has 0 heterocycles. The van der Waals surface area contributed by atoms with Crippen molar-refractivity contribution in [1.82, 2.24) is 0 Å².